The van der Waals surface area contributed by atoms with Gasteiger partial charge in [0.25, 0.3) is 0 Å². The molecule has 3 aliphatic rings. The number of carbonyl (C=O) groups is 13. The van der Waals surface area contributed by atoms with Gasteiger partial charge in [-0.2, -0.15) is 11.8 Å². The van der Waals surface area contributed by atoms with Crippen LogP contribution in [0.3, 0.4) is 0 Å². The van der Waals surface area contributed by atoms with Crippen molar-refractivity contribution in [3.05, 3.63) is 95.6 Å². The Labute approximate surface area is 668 Å². The van der Waals surface area contributed by atoms with E-state index in [4.69, 9.17) is 25.7 Å². The number of phenols is 2. The van der Waals surface area contributed by atoms with E-state index in [2.05, 4.69) is 47.9 Å². The van der Waals surface area contributed by atoms with Crippen LogP contribution in [0.2, 0.25) is 0 Å². The summed E-state index contributed by atoms with van der Waals surface area (Å²) >= 11 is 2.47. The number of hydrogen-bond donors (Lipinski definition) is 15. The van der Waals surface area contributed by atoms with Gasteiger partial charge in [0.2, 0.25) is 65.0 Å². The lowest BCUT2D eigenvalue weighted by Gasteiger charge is -2.30. The van der Waals surface area contributed by atoms with Gasteiger partial charge >= 0.3 is 5.97 Å². The van der Waals surface area contributed by atoms with Gasteiger partial charge in [-0.25, -0.2) is 4.79 Å². The molecule has 34 heteroatoms. The number of hydrogen-bond acceptors (Lipinski definition) is 24. The molecule has 624 valence electrons. The number of benzene rings is 3. The predicted molar refractivity (Wildman–Crippen MR) is 423 cm³/mol. The highest BCUT2D eigenvalue weighted by molar-refractivity contribution is 8.00. The molecule has 2 aliphatic carbocycles. The zero-order chi connectivity index (χ0) is 82.5. The molecule has 3 fully saturated rings. The largest absolute Gasteiger partial charge is 0.508 e. The Morgan fingerprint density at radius 2 is 1.14 bits per heavy atom. The van der Waals surface area contributed by atoms with Crippen molar-refractivity contribution >= 4 is 100 Å². The molecule has 113 heavy (non-hydrogen) atoms. The molecule has 1 heterocycles. The summed E-state index contributed by atoms with van der Waals surface area (Å²) in [6.07, 6.45) is 11.6. The number of rotatable bonds is 47. The van der Waals surface area contributed by atoms with E-state index in [1.165, 1.54) is 104 Å². The molecule has 6 rings (SSSR count). The maximum atomic E-state index is 14.4. The zero-order valence-corrected chi connectivity index (χ0v) is 66.8. The number of Topliss-reactive ketones (excluding diaryl/α,β-unsaturated/α-hetero) is 1. The second kappa shape index (κ2) is 49.1. The number of aromatic hydroxyl groups is 2. The van der Waals surface area contributed by atoms with Crippen LogP contribution in [0, 0.1) is 23.7 Å². The monoisotopic (exact) mass is 1620 g/mol. The van der Waals surface area contributed by atoms with E-state index in [1.807, 2.05) is 6.07 Å². The van der Waals surface area contributed by atoms with Crippen LogP contribution < -0.4 is 59.3 Å². The standard InChI is InChI=1S/C79H116N12O20S2/c1-6-47(2)68(89-72(101)58(80)37-50-15-13-10-14-16-50)76(105)85-60(31-36-112-5)79(108)111-44-64(75(104)86-61(48(3)93)38-51-21-27-56(95)28-22-51)88-77(106)69(49(4)94)90-74(103)63(43-92)87-73(102)62(39-52-23-29-57(96)30-24-52)84-66(97)45-110-35-34-109-33-32-82-71(100)59(81)46-113-65-40-67(98)91(78(65)107)42-54-19-25-55(26-20-54)70(99)83-41-53-17-11-8-7-9-12-18-53/h10,13-16,21-24,27-30,47,49,53-55,58-65,68-69,92,94-96H,6-9,11-12,17-20,25-26,31-46,80-81H2,1-5H3,(H,82,100)(H,83,99)(H,84,97)(H,85,105)(H,86,104)(H,87,102)(H,88,106)(H,89,101)(H,90,103)/t47?,49?,54?,55?,58-,59-,60-,61-,62-,63-,64-,65?,68-,69-/m0/s1. The summed E-state index contributed by atoms with van der Waals surface area (Å²) in [6.45, 7) is 3.99. The fourth-order valence-electron chi connectivity index (χ4n) is 13.3. The number of aliphatic hydroxyl groups excluding tert-OH is 2. The SMILES string of the molecule is CCC(C)[C@H](NC(=O)[C@@H](N)Cc1ccccc1)C(=O)N[C@@H](CCSC)C(=O)OC[C@H](NC(=O)[C@@H](NC(=O)[C@H](CO)NC(=O)[C@H](Cc1ccc(O)cc1)NC(=O)COCCOCCNC(=O)[C@@H](N)CSC1CC(=O)N(CC2CCC(C(=O)NCC3CCCCCCC3)CC2)C1=O)C(C)O)C(=O)N[C@@H](Cc1ccc(O)cc1)C(C)=O. The Morgan fingerprint density at radius 3 is 1.75 bits per heavy atom. The quantitative estimate of drug-likeness (QED) is 0.0211. The third-order valence-electron chi connectivity index (χ3n) is 20.4. The number of amides is 11. The molecule has 0 bridgehead atoms. The topological polar surface area (TPSA) is 494 Å². The van der Waals surface area contributed by atoms with Gasteiger partial charge in [0.1, 0.15) is 61.0 Å². The van der Waals surface area contributed by atoms with Crippen LogP contribution in [-0.4, -0.2) is 245 Å². The number of nitrogens with one attached hydrogen (secondary N) is 9. The smallest absolute Gasteiger partial charge is 0.328 e. The fourth-order valence-corrected chi connectivity index (χ4v) is 14.9. The number of ketones is 1. The van der Waals surface area contributed by atoms with Gasteiger partial charge in [-0.1, -0.05) is 107 Å². The highest BCUT2D eigenvalue weighted by atomic mass is 32.2. The number of thioether (sulfide) groups is 2. The van der Waals surface area contributed by atoms with Crippen LogP contribution in [0.25, 0.3) is 0 Å². The maximum absolute atomic E-state index is 14.4. The minimum absolute atomic E-state index is 0.00138. The molecule has 2 saturated carbocycles. The normalized spacial score (nSPS) is 18.9. The van der Waals surface area contributed by atoms with Crippen LogP contribution in [0.5, 0.6) is 11.5 Å². The molecular formula is C79H116N12O20S2. The number of carbonyl (C=O) groups excluding carboxylic acids is 13. The summed E-state index contributed by atoms with van der Waals surface area (Å²) in [5.74, 6) is -9.20. The third-order valence-corrected chi connectivity index (χ3v) is 22.3. The lowest BCUT2D eigenvalue weighted by Crippen LogP contribution is -2.62. The molecule has 32 nitrogen and oxygen atoms in total. The molecule has 1 saturated heterocycles. The van der Waals surface area contributed by atoms with Gasteiger partial charge in [0.15, 0.2) is 5.78 Å². The highest BCUT2D eigenvalue weighted by Crippen LogP contribution is 2.33. The molecule has 3 aromatic carbocycles. The lowest BCUT2D eigenvalue weighted by atomic mass is 9.81. The van der Waals surface area contributed by atoms with Gasteiger partial charge in [-0.3, -0.25) is 62.4 Å². The second-order valence-electron chi connectivity index (χ2n) is 29.3. The van der Waals surface area contributed by atoms with Crippen molar-refractivity contribution in [2.24, 2.45) is 35.1 Å². The Morgan fingerprint density at radius 1 is 0.584 bits per heavy atom. The molecule has 3 unspecified atom stereocenters. The van der Waals surface area contributed by atoms with Crippen LogP contribution in [0.1, 0.15) is 134 Å². The molecule has 17 N–H and O–H groups in total. The van der Waals surface area contributed by atoms with Crippen LogP contribution in [-0.2, 0) is 95.8 Å². The first-order valence-corrected chi connectivity index (χ1v) is 41.4. The van der Waals surface area contributed by atoms with Crippen molar-refractivity contribution in [2.75, 3.05) is 77.0 Å². The van der Waals surface area contributed by atoms with Crippen molar-refractivity contribution in [3.63, 3.8) is 0 Å². The Hall–Kier alpha value is -8.77. The molecule has 3 aromatic rings. The minimum atomic E-state index is -1.99. The van der Waals surface area contributed by atoms with Crippen molar-refractivity contribution < 1.29 is 97.0 Å². The number of ether oxygens (including phenoxy) is 3. The number of phenolic OH excluding ortho intramolecular Hbond substituents is 2. The molecule has 0 radical (unpaired) electrons. The van der Waals surface area contributed by atoms with Crippen molar-refractivity contribution in [3.8, 4) is 11.5 Å². The van der Waals surface area contributed by atoms with Gasteiger partial charge in [-0.15, -0.1) is 11.8 Å². The van der Waals surface area contributed by atoms with E-state index in [0.717, 1.165) is 56.5 Å². The summed E-state index contributed by atoms with van der Waals surface area (Å²) in [5, 5.41) is 64.0. The van der Waals surface area contributed by atoms with E-state index in [9.17, 15) is 82.8 Å². The van der Waals surface area contributed by atoms with Gasteiger partial charge in [0.05, 0.1) is 55.9 Å². The predicted octanol–water partition coefficient (Wildman–Crippen LogP) is 0.772. The lowest BCUT2D eigenvalue weighted by molar-refractivity contribution is -0.151. The number of nitrogens with two attached hydrogens (primary N) is 2. The Balaban J connectivity index is 0.987. The van der Waals surface area contributed by atoms with E-state index in [1.54, 1.807) is 44.4 Å². The van der Waals surface area contributed by atoms with Crippen LogP contribution in [0.4, 0.5) is 0 Å². The number of aliphatic hydroxyl groups is 2. The van der Waals surface area contributed by atoms with Crippen molar-refractivity contribution in [1.82, 2.24) is 52.8 Å². The number of nitrogens with zero attached hydrogens (tertiary/aromatic N) is 1. The first kappa shape index (κ1) is 93.1. The fraction of sp³-hybridized carbons (Fsp3) is 0.608. The van der Waals surface area contributed by atoms with E-state index in [0.29, 0.717) is 48.6 Å². The van der Waals surface area contributed by atoms with Crippen LogP contribution >= 0.6 is 23.5 Å². The second-order valence-corrected chi connectivity index (χ2v) is 31.5. The molecule has 1 aliphatic heterocycles. The summed E-state index contributed by atoms with van der Waals surface area (Å²) in [5.41, 5.74) is 14.2. The Bertz CT molecular complexity index is 3590. The van der Waals surface area contributed by atoms with Gasteiger partial charge in [0, 0.05) is 44.1 Å². The number of imide groups is 1. The van der Waals surface area contributed by atoms with E-state index in [-0.39, 0.29) is 105 Å². The molecule has 0 aromatic heterocycles. The van der Waals surface area contributed by atoms with Crippen molar-refractivity contribution in [2.45, 2.75) is 203 Å². The Kier molecular flexibility index (Phi) is 40.5. The van der Waals surface area contributed by atoms with Crippen molar-refractivity contribution in [1.29, 1.82) is 0 Å². The number of esters is 1. The highest BCUT2D eigenvalue weighted by Gasteiger charge is 2.42. The van der Waals surface area contributed by atoms with Crippen LogP contribution in [0.15, 0.2) is 78.9 Å². The minimum Gasteiger partial charge on any atom is -0.508 e. The van der Waals surface area contributed by atoms with E-state index < -0.39 is 150 Å². The molecule has 12 atom stereocenters. The van der Waals surface area contributed by atoms with Gasteiger partial charge < -0.3 is 94.0 Å². The number of likely N-dealkylation sites (tertiary alicyclic amines) is 1. The summed E-state index contributed by atoms with van der Waals surface area (Å²) in [6, 6.07) is 7.17. The third kappa shape index (κ3) is 32.2. The average molecular weight is 1620 g/mol. The summed E-state index contributed by atoms with van der Waals surface area (Å²) in [4.78, 5) is 179. The zero-order valence-electron chi connectivity index (χ0n) is 65.2. The average Bonchev–Trinajstić information content (AvgIpc) is 1.69. The molecule has 11 amide bonds. The summed E-state index contributed by atoms with van der Waals surface area (Å²) < 4.78 is 16.7. The maximum Gasteiger partial charge on any atom is 0.328 e. The van der Waals surface area contributed by atoms with Gasteiger partial charge in [-0.05, 0) is 142 Å². The van der Waals surface area contributed by atoms with E-state index >= 15 is 0 Å². The molecular weight excluding hydrogens is 1500 g/mol. The first-order valence-electron chi connectivity index (χ1n) is 38.9. The summed E-state index contributed by atoms with van der Waals surface area (Å²) in [7, 11) is 0. The first-order chi connectivity index (χ1) is 54.1. The molecule has 0 spiro atoms.